The molecule has 3 nitrogen and oxygen atoms in total. The lowest BCUT2D eigenvalue weighted by molar-refractivity contribution is 0.429. The summed E-state index contributed by atoms with van der Waals surface area (Å²) >= 11 is 9.53. The average Bonchev–Trinajstić information content (AvgIpc) is 2.41. The van der Waals surface area contributed by atoms with E-state index in [1.165, 1.54) is 0 Å². The molecule has 0 radical (unpaired) electrons. The molecule has 0 bridgehead atoms. The first kappa shape index (κ1) is 9.63. The molecule has 1 fully saturated rings. The predicted molar refractivity (Wildman–Crippen MR) is 63.5 cm³/mol. The Balaban J connectivity index is 2.22. The van der Waals surface area contributed by atoms with E-state index in [1.54, 1.807) is 0 Å². The summed E-state index contributed by atoms with van der Waals surface area (Å²) in [5.41, 5.74) is 0.966. The van der Waals surface area contributed by atoms with Gasteiger partial charge in [0, 0.05) is 29.7 Å². The van der Waals surface area contributed by atoms with Crippen LogP contribution in [0.15, 0.2) is 22.8 Å². The molecule has 2 aromatic heterocycles. The average molecular weight is 287 g/mol. The van der Waals surface area contributed by atoms with Gasteiger partial charge in [0.2, 0.25) is 0 Å². The SMILES string of the molecule is Clc1nc(C2CNC2)n2ccc(Br)cc12. The number of hydrogen-bond donors (Lipinski definition) is 1. The Hall–Kier alpha value is -0.580. The summed E-state index contributed by atoms with van der Waals surface area (Å²) in [5.74, 6) is 1.55. The standard InChI is InChI=1S/C10H9BrClN3/c11-7-1-2-15-8(3-7)9(12)14-10(15)6-4-13-5-6/h1-3,6,13H,4-5H2. The van der Waals surface area contributed by atoms with Crippen LogP contribution in [-0.2, 0) is 0 Å². The fourth-order valence-corrected chi connectivity index (χ4v) is 2.37. The van der Waals surface area contributed by atoms with Gasteiger partial charge < -0.3 is 9.72 Å². The summed E-state index contributed by atoms with van der Waals surface area (Å²) in [6.45, 7) is 1.98. The van der Waals surface area contributed by atoms with Crippen LogP contribution in [0.25, 0.3) is 5.52 Å². The van der Waals surface area contributed by atoms with Crippen molar-refractivity contribution in [2.75, 3.05) is 13.1 Å². The van der Waals surface area contributed by atoms with Gasteiger partial charge in [-0.3, -0.25) is 0 Å². The molecule has 1 aliphatic heterocycles. The molecule has 3 rings (SSSR count). The number of hydrogen-bond acceptors (Lipinski definition) is 2. The zero-order valence-electron chi connectivity index (χ0n) is 7.87. The van der Waals surface area contributed by atoms with Crippen LogP contribution in [0.5, 0.6) is 0 Å². The van der Waals surface area contributed by atoms with Crippen molar-refractivity contribution in [2.45, 2.75) is 5.92 Å². The molecule has 0 aliphatic carbocycles. The van der Waals surface area contributed by atoms with Crippen LogP contribution in [-0.4, -0.2) is 22.5 Å². The van der Waals surface area contributed by atoms with Gasteiger partial charge in [0.25, 0.3) is 0 Å². The molecule has 0 amide bonds. The van der Waals surface area contributed by atoms with Crippen LogP contribution >= 0.6 is 27.5 Å². The van der Waals surface area contributed by atoms with Gasteiger partial charge in [0.1, 0.15) is 5.82 Å². The molecule has 0 atom stereocenters. The first-order chi connectivity index (χ1) is 7.25. The summed E-state index contributed by atoms with van der Waals surface area (Å²) in [4.78, 5) is 4.42. The summed E-state index contributed by atoms with van der Waals surface area (Å²) in [6.07, 6.45) is 2.01. The maximum atomic E-state index is 6.10. The van der Waals surface area contributed by atoms with E-state index in [-0.39, 0.29) is 0 Å². The van der Waals surface area contributed by atoms with Gasteiger partial charge in [-0.25, -0.2) is 4.98 Å². The van der Waals surface area contributed by atoms with Crippen molar-refractivity contribution in [3.8, 4) is 0 Å². The van der Waals surface area contributed by atoms with Crippen molar-refractivity contribution < 1.29 is 0 Å². The van der Waals surface area contributed by atoms with Crippen molar-refractivity contribution in [2.24, 2.45) is 0 Å². The zero-order valence-corrected chi connectivity index (χ0v) is 10.2. The second-order valence-electron chi connectivity index (χ2n) is 3.72. The Kier molecular flexibility index (Phi) is 2.23. The van der Waals surface area contributed by atoms with Gasteiger partial charge in [-0.1, -0.05) is 27.5 Å². The van der Waals surface area contributed by atoms with Gasteiger partial charge in [-0.05, 0) is 12.1 Å². The van der Waals surface area contributed by atoms with Crippen LogP contribution in [0, 0.1) is 0 Å². The predicted octanol–water partition coefficient (Wildman–Crippen LogP) is 2.44. The summed E-state index contributed by atoms with van der Waals surface area (Å²) in [7, 11) is 0. The van der Waals surface area contributed by atoms with Crippen molar-refractivity contribution in [1.82, 2.24) is 14.7 Å². The molecule has 5 heteroatoms. The summed E-state index contributed by atoms with van der Waals surface area (Å²) < 4.78 is 3.09. The first-order valence-electron chi connectivity index (χ1n) is 4.79. The number of pyridine rings is 1. The van der Waals surface area contributed by atoms with Gasteiger partial charge in [0.15, 0.2) is 5.15 Å². The van der Waals surface area contributed by atoms with Crippen molar-refractivity contribution in [3.05, 3.63) is 33.8 Å². The van der Waals surface area contributed by atoms with E-state index in [1.807, 2.05) is 18.3 Å². The minimum absolute atomic E-state index is 0.492. The fourth-order valence-electron chi connectivity index (χ4n) is 1.80. The molecule has 1 N–H and O–H groups in total. The van der Waals surface area contributed by atoms with Crippen molar-refractivity contribution in [3.63, 3.8) is 0 Å². The van der Waals surface area contributed by atoms with Crippen LogP contribution in [0.2, 0.25) is 5.15 Å². The number of nitrogens with one attached hydrogen (secondary N) is 1. The topological polar surface area (TPSA) is 29.3 Å². The molecule has 0 unspecified atom stereocenters. The van der Waals surface area contributed by atoms with E-state index in [2.05, 4.69) is 30.6 Å². The Morgan fingerprint density at radius 2 is 2.33 bits per heavy atom. The largest absolute Gasteiger partial charge is 0.315 e. The zero-order chi connectivity index (χ0) is 10.4. The van der Waals surface area contributed by atoms with Crippen molar-refractivity contribution >= 4 is 33.0 Å². The van der Waals surface area contributed by atoms with E-state index in [4.69, 9.17) is 11.6 Å². The van der Waals surface area contributed by atoms with Crippen molar-refractivity contribution in [1.29, 1.82) is 0 Å². The molecule has 1 aliphatic rings. The number of rotatable bonds is 1. The Morgan fingerprint density at radius 3 is 3.00 bits per heavy atom. The Labute approximate surface area is 101 Å². The quantitative estimate of drug-likeness (QED) is 0.872. The Morgan fingerprint density at radius 1 is 1.53 bits per heavy atom. The molecule has 78 valence electrons. The van der Waals surface area contributed by atoms with E-state index in [0.717, 1.165) is 28.9 Å². The third-order valence-electron chi connectivity index (χ3n) is 2.73. The van der Waals surface area contributed by atoms with Gasteiger partial charge in [0.05, 0.1) is 5.52 Å². The molecule has 3 heterocycles. The Bertz CT molecular complexity index is 519. The maximum absolute atomic E-state index is 6.10. The molecule has 2 aromatic rings. The van der Waals surface area contributed by atoms with E-state index in [0.29, 0.717) is 11.1 Å². The lowest BCUT2D eigenvalue weighted by atomic mass is 10.0. The van der Waals surface area contributed by atoms with Gasteiger partial charge in [-0.15, -0.1) is 0 Å². The monoisotopic (exact) mass is 285 g/mol. The van der Waals surface area contributed by atoms with E-state index < -0.39 is 0 Å². The fraction of sp³-hybridized carbons (Fsp3) is 0.300. The second-order valence-corrected chi connectivity index (χ2v) is 4.99. The molecule has 0 spiro atoms. The number of imidazole rings is 1. The lowest BCUT2D eigenvalue weighted by Crippen LogP contribution is -2.40. The lowest BCUT2D eigenvalue weighted by Gasteiger charge is -2.25. The molecule has 15 heavy (non-hydrogen) atoms. The minimum Gasteiger partial charge on any atom is -0.315 e. The number of halogens is 2. The van der Waals surface area contributed by atoms with Crippen LogP contribution in [0.1, 0.15) is 11.7 Å². The number of nitrogens with zero attached hydrogens (tertiary/aromatic N) is 2. The molecule has 0 aromatic carbocycles. The maximum Gasteiger partial charge on any atom is 0.155 e. The van der Waals surface area contributed by atoms with Crippen LogP contribution < -0.4 is 5.32 Å². The van der Waals surface area contributed by atoms with Gasteiger partial charge in [-0.2, -0.15) is 0 Å². The second kappa shape index (κ2) is 3.47. The molecular formula is C10H9BrClN3. The third-order valence-corrected chi connectivity index (χ3v) is 3.51. The smallest absolute Gasteiger partial charge is 0.155 e. The number of fused-ring (bicyclic) bond motifs is 1. The van der Waals surface area contributed by atoms with Gasteiger partial charge >= 0.3 is 0 Å². The van der Waals surface area contributed by atoms with Crippen LogP contribution in [0.4, 0.5) is 0 Å². The molecular weight excluding hydrogens is 277 g/mol. The number of aromatic nitrogens is 2. The highest BCUT2D eigenvalue weighted by Crippen LogP contribution is 2.27. The van der Waals surface area contributed by atoms with E-state index in [9.17, 15) is 0 Å². The summed E-state index contributed by atoms with van der Waals surface area (Å²) in [6, 6.07) is 3.99. The normalized spacial score (nSPS) is 16.9. The highest BCUT2D eigenvalue weighted by atomic mass is 79.9. The first-order valence-corrected chi connectivity index (χ1v) is 5.96. The highest BCUT2D eigenvalue weighted by molar-refractivity contribution is 9.10. The minimum atomic E-state index is 0.492. The highest BCUT2D eigenvalue weighted by Gasteiger charge is 2.24. The molecule has 1 saturated heterocycles. The van der Waals surface area contributed by atoms with Crippen LogP contribution in [0.3, 0.4) is 0 Å². The van der Waals surface area contributed by atoms with E-state index >= 15 is 0 Å². The molecule has 0 saturated carbocycles. The summed E-state index contributed by atoms with van der Waals surface area (Å²) in [5, 5.41) is 3.82. The third kappa shape index (κ3) is 1.48.